The molecule has 1 aliphatic heterocycles. The minimum Gasteiger partial charge on any atom is -0.325 e. The lowest BCUT2D eigenvalue weighted by Crippen LogP contribution is -2.05. The average Bonchev–Trinajstić information content (AvgIpc) is 2.76. The molecule has 18 heavy (non-hydrogen) atoms. The van der Waals surface area contributed by atoms with Crippen LogP contribution in [0.25, 0.3) is 0 Å². The molecule has 0 saturated heterocycles. The van der Waals surface area contributed by atoms with Crippen LogP contribution in [0.4, 0.5) is 5.69 Å². The molecule has 0 atom stereocenters. The summed E-state index contributed by atoms with van der Waals surface area (Å²) in [5, 5.41) is 2.95. The first-order valence-electron chi connectivity index (χ1n) is 7.02. The van der Waals surface area contributed by atoms with Gasteiger partial charge in [0.25, 0.3) is 0 Å². The Morgan fingerprint density at radius 2 is 1.67 bits per heavy atom. The van der Waals surface area contributed by atoms with E-state index in [1.54, 1.807) is 0 Å². The third-order valence-electron chi connectivity index (χ3n) is 2.80. The van der Waals surface area contributed by atoms with Crippen LogP contribution in [0.1, 0.15) is 64.2 Å². The van der Waals surface area contributed by atoms with E-state index < -0.39 is 0 Å². The van der Waals surface area contributed by atoms with Gasteiger partial charge in [0, 0.05) is 5.69 Å². The first-order valence-corrected chi connectivity index (χ1v) is 7.02. The molecule has 1 amide bonds. The first kappa shape index (κ1) is 16.7. The van der Waals surface area contributed by atoms with Crippen molar-refractivity contribution >= 4 is 11.6 Å². The van der Waals surface area contributed by atoms with Crippen molar-refractivity contribution in [3.8, 4) is 0 Å². The largest absolute Gasteiger partial charge is 0.325 e. The van der Waals surface area contributed by atoms with E-state index >= 15 is 0 Å². The molecule has 102 valence electrons. The van der Waals surface area contributed by atoms with Crippen LogP contribution in [-0.2, 0) is 11.2 Å². The Morgan fingerprint density at radius 3 is 2.17 bits per heavy atom. The lowest BCUT2D eigenvalue weighted by Gasteiger charge is -2.12. The van der Waals surface area contributed by atoms with Gasteiger partial charge in [0.1, 0.15) is 0 Å². The number of carbonyl (C=O) groups excluding carboxylic acids is 1. The van der Waals surface area contributed by atoms with Crippen LogP contribution in [0.5, 0.6) is 0 Å². The summed E-state index contributed by atoms with van der Waals surface area (Å²) in [6.07, 6.45) is 0.543. The highest BCUT2D eigenvalue weighted by Crippen LogP contribution is 2.33. The Bertz CT molecular complexity index is 394. The fourth-order valence-electron chi connectivity index (χ4n) is 1.97. The average molecular weight is 249 g/mol. The predicted molar refractivity (Wildman–Crippen MR) is 80.3 cm³/mol. The van der Waals surface area contributed by atoms with E-state index in [1.807, 2.05) is 27.7 Å². The molecule has 0 unspecified atom stereocenters. The molecule has 1 N–H and O–H groups in total. The Labute approximate surface area is 112 Å². The molecule has 0 aliphatic carbocycles. The molecule has 2 rings (SSSR count). The van der Waals surface area contributed by atoms with E-state index in [0.717, 1.165) is 5.69 Å². The van der Waals surface area contributed by atoms with Crippen LogP contribution < -0.4 is 5.32 Å². The SMILES string of the molecule is CC.CC.Cc1ccc(C(C)C)c2c1CC(=O)N2. The summed E-state index contributed by atoms with van der Waals surface area (Å²) in [6, 6.07) is 4.22. The summed E-state index contributed by atoms with van der Waals surface area (Å²) in [6.45, 7) is 14.4. The Balaban J connectivity index is 0.000000659. The molecule has 0 bridgehead atoms. The molecule has 0 radical (unpaired) electrons. The lowest BCUT2D eigenvalue weighted by atomic mass is 9.95. The van der Waals surface area contributed by atoms with Gasteiger partial charge >= 0.3 is 0 Å². The Kier molecular flexibility index (Phi) is 7.33. The molecule has 0 saturated carbocycles. The smallest absolute Gasteiger partial charge is 0.228 e. The molecular formula is C16H27NO. The van der Waals surface area contributed by atoms with Crippen LogP contribution in [-0.4, -0.2) is 5.91 Å². The number of hydrogen-bond donors (Lipinski definition) is 1. The molecule has 1 aromatic rings. The van der Waals surface area contributed by atoms with Crippen LogP contribution >= 0.6 is 0 Å². The number of amides is 1. The van der Waals surface area contributed by atoms with Gasteiger partial charge in [-0.15, -0.1) is 0 Å². The number of carbonyl (C=O) groups is 1. The number of hydrogen-bond acceptors (Lipinski definition) is 1. The summed E-state index contributed by atoms with van der Waals surface area (Å²) in [4.78, 5) is 11.3. The van der Waals surface area contributed by atoms with Gasteiger partial charge in [0.15, 0.2) is 0 Å². The van der Waals surface area contributed by atoms with Gasteiger partial charge in [-0.2, -0.15) is 0 Å². The normalized spacial score (nSPS) is 11.9. The fraction of sp³-hybridized carbons (Fsp3) is 0.562. The second-order valence-corrected chi connectivity index (χ2v) is 4.20. The molecule has 1 aliphatic rings. The van der Waals surface area contributed by atoms with Crippen molar-refractivity contribution in [2.75, 3.05) is 5.32 Å². The summed E-state index contributed by atoms with van der Waals surface area (Å²) in [7, 11) is 0. The number of nitrogens with one attached hydrogen (secondary N) is 1. The number of anilines is 1. The summed E-state index contributed by atoms with van der Waals surface area (Å²) in [5.41, 5.74) is 4.70. The first-order chi connectivity index (χ1) is 8.59. The quantitative estimate of drug-likeness (QED) is 0.770. The topological polar surface area (TPSA) is 29.1 Å². The van der Waals surface area contributed by atoms with Crippen molar-refractivity contribution in [2.45, 2.75) is 60.8 Å². The number of rotatable bonds is 1. The highest BCUT2D eigenvalue weighted by Gasteiger charge is 2.23. The van der Waals surface area contributed by atoms with E-state index in [4.69, 9.17) is 0 Å². The molecule has 0 fully saturated rings. The van der Waals surface area contributed by atoms with Gasteiger partial charge in [0.05, 0.1) is 6.42 Å². The zero-order valence-corrected chi connectivity index (χ0v) is 12.8. The lowest BCUT2D eigenvalue weighted by molar-refractivity contribution is -0.115. The highest BCUT2D eigenvalue weighted by atomic mass is 16.1. The molecule has 2 nitrogen and oxygen atoms in total. The zero-order chi connectivity index (χ0) is 14.3. The van der Waals surface area contributed by atoms with Gasteiger partial charge in [0.2, 0.25) is 5.91 Å². The van der Waals surface area contributed by atoms with Crippen molar-refractivity contribution < 1.29 is 4.79 Å². The van der Waals surface area contributed by atoms with E-state index in [0.29, 0.717) is 12.3 Å². The summed E-state index contributed by atoms with van der Waals surface area (Å²) >= 11 is 0. The standard InChI is InChI=1S/C12H15NO.2C2H6/c1-7(2)9-5-4-8(3)10-6-11(14)13-12(9)10;2*1-2/h4-5,7H,6H2,1-3H3,(H,13,14);2*1-2H3. The maximum Gasteiger partial charge on any atom is 0.228 e. The monoisotopic (exact) mass is 249 g/mol. The third-order valence-corrected chi connectivity index (χ3v) is 2.80. The van der Waals surface area contributed by atoms with Crippen LogP contribution in [0.15, 0.2) is 12.1 Å². The molecular weight excluding hydrogens is 222 g/mol. The van der Waals surface area contributed by atoms with E-state index in [9.17, 15) is 4.79 Å². The maximum atomic E-state index is 11.3. The minimum absolute atomic E-state index is 0.121. The Morgan fingerprint density at radius 1 is 1.11 bits per heavy atom. The molecule has 1 aromatic carbocycles. The summed E-state index contributed by atoms with van der Waals surface area (Å²) < 4.78 is 0. The van der Waals surface area contributed by atoms with Crippen molar-refractivity contribution in [3.63, 3.8) is 0 Å². The van der Waals surface area contributed by atoms with Gasteiger partial charge in [-0.3, -0.25) is 4.79 Å². The van der Waals surface area contributed by atoms with Gasteiger partial charge in [-0.05, 0) is 29.5 Å². The molecule has 2 heteroatoms. The maximum absolute atomic E-state index is 11.3. The summed E-state index contributed by atoms with van der Waals surface area (Å²) in [5.74, 6) is 0.582. The van der Waals surface area contributed by atoms with Crippen molar-refractivity contribution in [1.29, 1.82) is 0 Å². The molecule has 0 aromatic heterocycles. The highest BCUT2D eigenvalue weighted by molar-refractivity contribution is 6.00. The van der Waals surface area contributed by atoms with E-state index in [1.165, 1.54) is 16.7 Å². The zero-order valence-electron chi connectivity index (χ0n) is 12.8. The minimum atomic E-state index is 0.121. The number of fused-ring (bicyclic) bond motifs is 1. The van der Waals surface area contributed by atoms with Crippen molar-refractivity contribution in [1.82, 2.24) is 0 Å². The van der Waals surface area contributed by atoms with Crippen molar-refractivity contribution in [2.24, 2.45) is 0 Å². The fourth-order valence-corrected chi connectivity index (χ4v) is 1.97. The van der Waals surface area contributed by atoms with E-state index in [-0.39, 0.29) is 5.91 Å². The van der Waals surface area contributed by atoms with Crippen LogP contribution in [0.2, 0.25) is 0 Å². The second kappa shape index (κ2) is 7.91. The molecule has 0 spiro atoms. The number of benzene rings is 1. The van der Waals surface area contributed by atoms with Gasteiger partial charge in [-0.1, -0.05) is 53.7 Å². The molecule has 1 heterocycles. The Hall–Kier alpha value is -1.31. The van der Waals surface area contributed by atoms with Crippen LogP contribution in [0, 0.1) is 6.92 Å². The predicted octanol–water partition coefficient (Wildman–Crippen LogP) is 4.67. The third kappa shape index (κ3) is 3.59. The van der Waals surface area contributed by atoms with E-state index in [2.05, 4.69) is 38.2 Å². The van der Waals surface area contributed by atoms with Gasteiger partial charge in [-0.25, -0.2) is 0 Å². The van der Waals surface area contributed by atoms with Crippen LogP contribution in [0.3, 0.4) is 0 Å². The second-order valence-electron chi connectivity index (χ2n) is 4.20. The van der Waals surface area contributed by atoms with Gasteiger partial charge < -0.3 is 5.32 Å². The number of aryl methyl sites for hydroxylation is 1. The van der Waals surface area contributed by atoms with Crippen molar-refractivity contribution in [3.05, 3.63) is 28.8 Å².